The lowest BCUT2D eigenvalue weighted by atomic mass is 10.2. The van der Waals surface area contributed by atoms with Crippen molar-refractivity contribution in [2.75, 3.05) is 10.5 Å². The van der Waals surface area contributed by atoms with E-state index in [0.717, 1.165) is 10.9 Å². The van der Waals surface area contributed by atoms with Gasteiger partial charge in [0.05, 0.1) is 11.4 Å². The first-order valence-corrected chi connectivity index (χ1v) is 7.99. The highest BCUT2D eigenvalue weighted by Gasteiger charge is 2.21. The summed E-state index contributed by atoms with van der Waals surface area (Å²) in [5.74, 6) is -0.932. The van der Waals surface area contributed by atoms with Crippen LogP contribution in [-0.2, 0) is 23.5 Å². The van der Waals surface area contributed by atoms with E-state index in [1.807, 2.05) is 0 Å². The van der Waals surface area contributed by atoms with Gasteiger partial charge in [0.1, 0.15) is 5.82 Å². The Morgan fingerprint density at radius 2 is 2.00 bits per heavy atom. The van der Waals surface area contributed by atoms with Gasteiger partial charge in [0.2, 0.25) is 10.0 Å². The minimum Gasteiger partial charge on any atom is -0.280 e. The molecule has 0 amide bonds. The van der Waals surface area contributed by atoms with Gasteiger partial charge in [-0.2, -0.15) is 5.10 Å². The third kappa shape index (κ3) is 4.00. The van der Waals surface area contributed by atoms with E-state index < -0.39 is 33.7 Å². The molecular formula is C13H14F3N3O2S. The Balaban J connectivity index is 2.10. The third-order valence-corrected chi connectivity index (χ3v) is 4.20. The molecule has 0 unspecified atom stereocenters. The minimum atomic E-state index is -3.90. The molecular weight excluding hydrogens is 319 g/mol. The van der Waals surface area contributed by atoms with Gasteiger partial charge in [-0.05, 0) is 18.1 Å². The fourth-order valence-electron chi connectivity index (χ4n) is 1.91. The molecule has 0 atom stereocenters. The van der Waals surface area contributed by atoms with Crippen LogP contribution in [0.4, 0.5) is 18.9 Å². The molecule has 0 aliphatic heterocycles. The van der Waals surface area contributed by atoms with E-state index in [2.05, 4.69) is 9.82 Å². The summed E-state index contributed by atoms with van der Waals surface area (Å²) in [6.45, 7) is 0. The molecule has 0 saturated carbocycles. The smallest absolute Gasteiger partial charge is 0.280 e. The van der Waals surface area contributed by atoms with Gasteiger partial charge in [-0.1, -0.05) is 18.2 Å². The zero-order valence-electron chi connectivity index (χ0n) is 11.6. The first-order valence-electron chi connectivity index (χ1n) is 6.34. The van der Waals surface area contributed by atoms with Crippen LogP contribution in [0.1, 0.15) is 17.7 Å². The van der Waals surface area contributed by atoms with Crippen molar-refractivity contribution in [1.29, 1.82) is 0 Å². The van der Waals surface area contributed by atoms with Gasteiger partial charge in [-0.25, -0.2) is 21.6 Å². The molecule has 5 nitrogen and oxygen atoms in total. The Bertz CT molecular complexity index is 760. The number of nitrogens with one attached hydrogen (secondary N) is 1. The fourth-order valence-corrected chi connectivity index (χ4v) is 2.99. The van der Waals surface area contributed by atoms with Gasteiger partial charge in [-0.3, -0.25) is 9.40 Å². The molecule has 0 aliphatic rings. The van der Waals surface area contributed by atoms with Crippen molar-refractivity contribution in [1.82, 2.24) is 9.78 Å². The lowest BCUT2D eigenvalue weighted by Crippen LogP contribution is -2.19. The number of halogens is 3. The molecule has 0 saturated heterocycles. The van der Waals surface area contributed by atoms with Crippen LogP contribution in [0.25, 0.3) is 0 Å². The molecule has 0 fully saturated rings. The van der Waals surface area contributed by atoms with E-state index >= 15 is 0 Å². The number of benzene rings is 1. The monoisotopic (exact) mass is 333 g/mol. The largest absolute Gasteiger partial charge is 0.284 e. The van der Waals surface area contributed by atoms with E-state index in [0.29, 0.717) is 0 Å². The highest BCUT2D eigenvalue weighted by molar-refractivity contribution is 7.92. The predicted octanol–water partition coefficient (Wildman–Crippen LogP) is 2.48. The van der Waals surface area contributed by atoms with Gasteiger partial charge >= 0.3 is 0 Å². The summed E-state index contributed by atoms with van der Waals surface area (Å²) >= 11 is 0. The van der Waals surface area contributed by atoms with Crippen molar-refractivity contribution in [2.45, 2.75) is 12.8 Å². The number of alkyl halides is 2. The molecule has 1 heterocycles. The maximum Gasteiger partial charge on any atom is 0.284 e. The van der Waals surface area contributed by atoms with Crippen LogP contribution in [0.3, 0.4) is 0 Å². The Morgan fingerprint density at radius 1 is 1.32 bits per heavy atom. The van der Waals surface area contributed by atoms with E-state index in [4.69, 9.17) is 0 Å². The summed E-state index contributed by atoms with van der Waals surface area (Å²) in [5.41, 5.74) is -0.670. The second-order valence-corrected chi connectivity index (χ2v) is 6.51. The zero-order valence-corrected chi connectivity index (χ0v) is 12.4. The fraction of sp³-hybridized carbons (Fsp3) is 0.308. The van der Waals surface area contributed by atoms with Crippen LogP contribution in [-0.4, -0.2) is 24.0 Å². The summed E-state index contributed by atoms with van der Waals surface area (Å²) < 4.78 is 66.0. The molecule has 0 spiro atoms. The number of anilines is 1. The number of aryl methyl sites for hydroxylation is 2. The first-order chi connectivity index (χ1) is 10.3. The van der Waals surface area contributed by atoms with Crippen molar-refractivity contribution in [3.63, 3.8) is 0 Å². The average molecular weight is 333 g/mol. The highest BCUT2D eigenvalue weighted by atomic mass is 32.2. The molecule has 0 radical (unpaired) electrons. The number of nitrogens with zero attached hydrogens (tertiary/aromatic N) is 2. The molecule has 1 N–H and O–H groups in total. The summed E-state index contributed by atoms with van der Waals surface area (Å²) in [5, 5.41) is 3.51. The van der Waals surface area contributed by atoms with Crippen LogP contribution in [0.15, 0.2) is 30.5 Å². The third-order valence-electron chi connectivity index (χ3n) is 2.93. The topological polar surface area (TPSA) is 64.0 Å². The molecule has 1 aromatic heterocycles. The quantitative estimate of drug-likeness (QED) is 0.883. The Morgan fingerprint density at radius 3 is 2.64 bits per heavy atom. The number of aromatic nitrogens is 2. The van der Waals surface area contributed by atoms with Crippen molar-refractivity contribution < 1.29 is 21.6 Å². The maximum absolute atomic E-state index is 13.4. The minimum absolute atomic E-state index is 0.0632. The molecule has 0 aliphatic carbocycles. The summed E-state index contributed by atoms with van der Waals surface area (Å²) in [7, 11) is -2.49. The first kappa shape index (κ1) is 16.3. The van der Waals surface area contributed by atoms with Crippen molar-refractivity contribution in [2.24, 2.45) is 7.05 Å². The van der Waals surface area contributed by atoms with Crippen molar-refractivity contribution in [3.05, 3.63) is 47.5 Å². The lowest BCUT2D eigenvalue weighted by Gasteiger charge is -2.08. The van der Waals surface area contributed by atoms with Gasteiger partial charge in [0.15, 0.2) is 5.69 Å². The summed E-state index contributed by atoms with van der Waals surface area (Å²) in [6, 6.07) is 5.79. The summed E-state index contributed by atoms with van der Waals surface area (Å²) in [6.07, 6.45) is -1.81. The normalized spacial score (nSPS) is 11.9. The Labute approximate surface area is 125 Å². The zero-order chi connectivity index (χ0) is 16.3. The van der Waals surface area contributed by atoms with Gasteiger partial charge < -0.3 is 0 Å². The number of sulfonamides is 1. The Kier molecular flexibility index (Phi) is 4.74. The molecule has 22 heavy (non-hydrogen) atoms. The second-order valence-electron chi connectivity index (χ2n) is 4.66. The number of hydrogen-bond acceptors (Lipinski definition) is 3. The van der Waals surface area contributed by atoms with E-state index in [1.54, 1.807) is 6.07 Å². The Hall–Kier alpha value is -2.03. The predicted molar refractivity (Wildman–Crippen MR) is 75.7 cm³/mol. The number of hydrogen-bond donors (Lipinski definition) is 1. The van der Waals surface area contributed by atoms with Gasteiger partial charge in [0, 0.05) is 13.2 Å². The van der Waals surface area contributed by atoms with Crippen LogP contribution < -0.4 is 4.72 Å². The van der Waals surface area contributed by atoms with Crippen molar-refractivity contribution >= 4 is 15.7 Å². The molecule has 9 heteroatoms. The maximum atomic E-state index is 13.4. The number of rotatable bonds is 6. The van der Waals surface area contributed by atoms with Crippen molar-refractivity contribution in [3.8, 4) is 0 Å². The molecule has 2 rings (SSSR count). The SMILES string of the molecule is Cn1cc(NS(=O)(=O)CCc2ccccc2F)c(C(F)F)n1. The molecule has 1 aromatic carbocycles. The van der Waals surface area contributed by atoms with E-state index in [9.17, 15) is 21.6 Å². The van der Waals surface area contributed by atoms with E-state index in [-0.39, 0.29) is 17.7 Å². The van der Waals surface area contributed by atoms with Crippen LogP contribution in [0, 0.1) is 5.82 Å². The highest BCUT2D eigenvalue weighted by Crippen LogP contribution is 2.26. The van der Waals surface area contributed by atoms with Crippen LogP contribution >= 0.6 is 0 Å². The molecule has 2 aromatic rings. The lowest BCUT2D eigenvalue weighted by molar-refractivity contribution is 0.146. The summed E-state index contributed by atoms with van der Waals surface area (Å²) in [4.78, 5) is 0. The standard InChI is InChI=1S/C13H14F3N3O2S/c1-19-8-11(12(17-19)13(15)16)18-22(20,21)7-6-9-4-2-3-5-10(9)14/h2-5,8,13,18H,6-7H2,1H3. The van der Waals surface area contributed by atoms with Gasteiger partial charge in [-0.15, -0.1) is 0 Å². The molecule has 120 valence electrons. The van der Waals surface area contributed by atoms with Crippen LogP contribution in [0.5, 0.6) is 0 Å². The second kappa shape index (κ2) is 6.39. The van der Waals surface area contributed by atoms with Gasteiger partial charge in [0.25, 0.3) is 6.43 Å². The van der Waals surface area contributed by atoms with Crippen LogP contribution in [0.2, 0.25) is 0 Å². The molecule has 0 bridgehead atoms. The average Bonchev–Trinajstić information content (AvgIpc) is 2.78. The van der Waals surface area contributed by atoms with E-state index in [1.165, 1.54) is 25.2 Å².